The zero-order valence-electron chi connectivity index (χ0n) is 10.5. The summed E-state index contributed by atoms with van der Waals surface area (Å²) in [5, 5.41) is 0. The maximum absolute atomic E-state index is 6.01. The highest BCUT2D eigenvalue weighted by Crippen LogP contribution is 2.38. The van der Waals surface area contributed by atoms with Crippen LogP contribution in [0.15, 0.2) is 0 Å². The second kappa shape index (κ2) is 6.24. The van der Waals surface area contributed by atoms with Crippen LogP contribution in [0.1, 0.15) is 46.0 Å². The Morgan fingerprint density at radius 3 is 2.94 bits per heavy atom. The van der Waals surface area contributed by atoms with E-state index in [1.165, 1.54) is 12.8 Å². The van der Waals surface area contributed by atoms with Crippen molar-refractivity contribution in [1.82, 2.24) is 5.43 Å². The lowest BCUT2D eigenvalue weighted by Crippen LogP contribution is -2.56. The maximum atomic E-state index is 6.01. The average molecular weight is 224 g/mol. The molecule has 3 heteroatoms. The molecule has 3 N–H and O–H groups in total. The van der Waals surface area contributed by atoms with Gasteiger partial charge in [-0.05, 0) is 25.7 Å². The smallest absolute Gasteiger partial charge is 0.0859 e. The first-order chi connectivity index (χ1) is 7.68. The summed E-state index contributed by atoms with van der Waals surface area (Å²) < 4.78 is 6.01. The van der Waals surface area contributed by atoms with E-state index >= 15 is 0 Å². The lowest BCUT2D eigenvalue weighted by atomic mass is 9.74. The van der Waals surface area contributed by atoms with E-state index in [0.717, 1.165) is 19.4 Å². The van der Waals surface area contributed by atoms with Crippen molar-refractivity contribution < 1.29 is 4.74 Å². The summed E-state index contributed by atoms with van der Waals surface area (Å²) in [4.78, 5) is 0. The van der Waals surface area contributed by atoms with Gasteiger partial charge in [-0.25, -0.2) is 0 Å². The Labute approximate surface area is 99.1 Å². The summed E-state index contributed by atoms with van der Waals surface area (Å²) in [6, 6.07) is 0.0696. The standard InChI is InChI=1S/C13H24N2O/c1-4-7-12(15-14)13(16-5-2)9-6-8-11(3)10-13/h1,11-12,15H,5-10,14H2,2-3H3. The first-order valence-electron chi connectivity index (χ1n) is 6.22. The molecular weight excluding hydrogens is 200 g/mol. The molecular formula is C13H24N2O. The topological polar surface area (TPSA) is 47.3 Å². The predicted octanol–water partition coefficient (Wildman–Crippen LogP) is 1.83. The molecule has 1 rings (SSSR count). The van der Waals surface area contributed by atoms with Crippen LogP contribution in [0.2, 0.25) is 0 Å². The largest absolute Gasteiger partial charge is 0.374 e. The number of terminal acetylenes is 1. The van der Waals surface area contributed by atoms with Crippen molar-refractivity contribution in [2.45, 2.75) is 57.6 Å². The SMILES string of the molecule is C#CCC(NN)C1(OCC)CCCC(C)C1. The molecule has 0 aliphatic heterocycles. The van der Waals surface area contributed by atoms with Crippen LogP contribution in [0.4, 0.5) is 0 Å². The van der Waals surface area contributed by atoms with E-state index in [1.54, 1.807) is 0 Å². The fourth-order valence-electron chi connectivity index (χ4n) is 2.89. The van der Waals surface area contributed by atoms with Crippen LogP contribution in [0, 0.1) is 18.3 Å². The number of rotatable bonds is 5. The monoisotopic (exact) mass is 224 g/mol. The summed E-state index contributed by atoms with van der Waals surface area (Å²) in [5.74, 6) is 9.01. The number of hydrogen-bond acceptors (Lipinski definition) is 3. The molecule has 0 aromatic carbocycles. The van der Waals surface area contributed by atoms with Crippen molar-refractivity contribution in [2.75, 3.05) is 6.61 Å². The third kappa shape index (κ3) is 2.98. The summed E-state index contributed by atoms with van der Waals surface area (Å²) in [6.07, 6.45) is 10.6. The van der Waals surface area contributed by atoms with Gasteiger partial charge in [0.15, 0.2) is 0 Å². The molecule has 1 saturated carbocycles. The fourth-order valence-corrected chi connectivity index (χ4v) is 2.89. The Hall–Kier alpha value is -0.560. The minimum absolute atomic E-state index is 0.0696. The molecule has 0 aromatic rings. The van der Waals surface area contributed by atoms with Gasteiger partial charge < -0.3 is 4.74 Å². The quantitative estimate of drug-likeness (QED) is 0.425. The van der Waals surface area contributed by atoms with Gasteiger partial charge in [-0.3, -0.25) is 11.3 Å². The lowest BCUT2D eigenvalue weighted by Gasteiger charge is -2.44. The van der Waals surface area contributed by atoms with E-state index in [1.807, 2.05) is 6.92 Å². The first-order valence-corrected chi connectivity index (χ1v) is 6.22. The normalized spacial score (nSPS) is 32.0. The number of hydrazine groups is 1. The van der Waals surface area contributed by atoms with Gasteiger partial charge in [-0.2, -0.15) is 0 Å². The van der Waals surface area contributed by atoms with E-state index in [9.17, 15) is 0 Å². The van der Waals surface area contributed by atoms with Crippen LogP contribution in [0.3, 0.4) is 0 Å². The molecule has 1 fully saturated rings. The van der Waals surface area contributed by atoms with Crippen LogP contribution >= 0.6 is 0 Å². The number of hydrogen-bond donors (Lipinski definition) is 2. The van der Waals surface area contributed by atoms with Crippen molar-refractivity contribution in [3.05, 3.63) is 0 Å². The third-order valence-corrected chi connectivity index (χ3v) is 3.58. The van der Waals surface area contributed by atoms with E-state index in [-0.39, 0.29) is 11.6 Å². The molecule has 0 aromatic heterocycles. The molecule has 3 nitrogen and oxygen atoms in total. The molecule has 0 bridgehead atoms. The second-order valence-corrected chi connectivity index (χ2v) is 4.83. The van der Waals surface area contributed by atoms with Crippen LogP contribution < -0.4 is 11.3 Å². The molecule has 0 heterocycles. The van der Waals surface area contributed by atoms with Crippen LogP contribution in [-0.2, 0) is 4.74 Å². The Morgan fingerprint density at radius 2 is 2.44 bits per heavy atom. The number of nitrogens with two attached hydrogens (primary N) is 1. The Bertz CT molecular complexity index is 245. The number of nitrogens with one attached hydrogen (secondary N) is 1. The Kier molecular flexibility index (Phi) is 5.27. The Balaban J connectivity index is 2.80. The van der Waals surface area contributed by atoms with Crippen molar-refractivity contribution in [3.63, 3.8) is 0 Å². The summed E-state index contributed by atoms with van der Waals surface area (Å²) in [6.45, 7) is 5.02. The highest BCUT2D eigenvalue weighted by molar-refractivity contribution is 5.02. The van der Waals surface area contributed by atoms with Crippen LogP contribution in [0.25, 0.3) is 0 Å². The molecule has 0 amide bonds. The number of ether oxygens (including phenoxy) is 1. The minimum Gasteiger partial charge on any atom is -0.374 e. The van der Waals surface area contributed by atoms with Gasteiger partial charge in [0.25, 0.3) is 0 Å². The minimum atomic E-state index is -0.159. The zero-order chi connectivity index (χ0) is 12.0. The highest BCUT2D eigenvalue weighted by atomic mass is 16.5. The van der Waals surface area contributed by atoms with Crippen LogP contribution in [-0.4, -0.2) is 18.2 Å². The van der Waals surface area contributed by atoms with Gasteiger partial charge in [0.2, 0.25) is 0 Å². The molecule has 0 radical (unpaired) electrons. The van der Waals surface area contributed by atoms with Crippen molar-refractivity contribution in [3.8, 4) is 12.3 Å². The molecule has 0 spiro atoms. The van der Waals surface area contributed by atoms with E-state index in [0.29, 0.717) is 12.3 Å². The van der Waals surface area contributed by atoms with E-state index in [4.69, 9.17) is 17.0 Å². The van der Waals surface area contributed by atoms with Gasteiger partial charge in [-0.1, -0.05) is 19.8 Å². The highest BCUT2D eigenvalue weighted by Gasteiger charge is 2.41. The van der Waals surface area contributed by atoms with Crippen molar-refractivity contribution in [2.24, 2.45) is 11.8 Å². The van der Waals surface area contributed by atoms with Gasteiger partial charge in [0, 0.05) is 13.0 Å². The van der Waals surface area contributed by atoms with Crippen molar-refractivity contribution in [1.29, 1.82) is 0 Å². The molecule has 1 aliphatic rings. The van der Waals surface area contributed by atoms with Crippen molar-refractivity contribution >= 4 is 0 Å². The maximum Gasteiger partial charge on any atom is 0.0859 e. The molecule has 3 atom stereocenters. The summed E-state index contributed by atoms with van der Waals surface area (Å²) >= 11 is 0. The predicted molar refractivity (Wildman–Crippen MR) is 66.6 cm³/mol. The molecule has 0 saturated heterocycles. The van der Waals surface area contributed by atoms with Crippen LogP contribution in [0.5, 0.6) is 0 Å². The summed E-state index contributed by atoms with van der Waals surface area (Å²) in [7, 11) is 0. The zero-order valence-corrected chi connectivity index (χ0v) is 10.5. The lowest BCUT2D eigenvalue weighted by molar-refractivity contribution is -0.0992. The van der Waals surface area contributed by atoms with Gasteiger partial charge in [0.1, 0.15) is 0 Å². The second-order valence-electron chi connectivity index (χ2n) is 4.83. The molecule has 16 heavy (non-hydrogen) atoms. The third-order valence-electron chi connectivity index (χ3n) is 3.58. The summed E-state index contributed by atoms with van der Waals surface area (Å²) in [5.41, 5.74) is 2.69. The first kappa shape index (κ1) is 13.5. The molecule has 92 valence electrons. The van der Waals surface area contributed by atoms with E-state index in [2.05, 4.69) is 18.3 Å². The van der Waals surface area contributed by atoms with Gasteiger partial charge >= 0.3 is 0 Å². The average Bonchev–Trinajstić information content (AvgIpc) is 2.26. The van der Waals surface area contributed by atoms with Gasteiger partial charge in [0.05, 0.1) is 11.6 Å². The van der Waals surface area contributed by atoms with E-state index < -0.39 is 0 Å². The Morgan fingerprint density at radius 1 is 1.69 bits per heavy atom. The van der Waals surface area contributed by atoms with Gasteiger partial charge in [-0.15, -0.1) is 12.3 Å². The fraction of sp³-hybridized carbons (Fsp3) is 0.846. The molecule has 3 unspecified atom stereocenters. The molecule has 1 aliphatic carbocycles.